The lowest BCUT2D eigenvalue weighted by molar-refractivity contribution is -0.129. The third-order valence-electron chi connectivity index (χ3n) is 6.20. The Kier molecular flexibility index (Phi) is 6.07. The first-order valence-electron chi connectivity index (χ1n) is 11.2. The molecule has 0 saturated carbocycles. The third-order valence-corrected chi connectivity index (χ3v) is 6.20. The van der Waals surface area contributed by atoms with E-state index in [1.807, 2.05) is 35.2 Å². The van der Waals surface area contributed by atoms with Gasteiger partial charge >= 0.3 is 0 Å². The Labute approximate surface area is 193 Å². The highest BCUT2D eigenvalue weighted by atomic mass is 16.7. The van der Waals surface area contributed by atoms with Gasteiger partial charge in [0, 0.05) is 20.0 Å². The normalized spacial score (nSPS) is 14.2. The first-order chi connectivity index (χ1) is 16.2. The zero-order chi connectivity index (χ0) is 22.6. The lowest BCUT2D eigenvalue weighted by Crippen LogP contribution is -2.30. The van der Waals surface area contributed by atoms with Gasteiger partial charge < -0.3 is 23.8 Å². The van der Waals surface area contributed by atoms with Crippen molar-refractivity contribution < 1.29 is 23.7 Å². The van der Waals surface area contributed by atoms with E-state index in [0.29, 0.717) is 13.1 Å². The summed E-state index contributed by atoms with van der Waals surface area (Å²) in [6.07, 6.45) is 1.72. The van der Waals surface area contributed by atoms with Crippen molar-refractivity contribution in [3.63, 3.8) is 0 Å². The molecule has 170 valence electrons. The number of ether oxygens (including phenoxy) is 4. The molecule has 1 atom stereocenters. The Morgan fingerprint density at radius 3 is 2.21 bits per heavy atom. The second-order valence-electron chi connectivity index (χ2n) is 8.42. The van der Waals surface area contributed by atoms with E-state index in [2.05, 4.69) is 36.4 Å². The van der Waals surface area contributed by atoms with Gasteiger partial charge in [-0.1, -0.05) is 42.5 Å². The van der Waals surface area contributed by atoms with E-state index in [0.717, 1.165) is 41.4 Å². The van der Waals surface area contributed by atoms with Crippen LogP contribution in [0, 0.1) is 0 Å². The standard InChI is InChI=1S/C27H27NO5/c1-19(29)28(16-21-7-9-24-26(14-21)32-17-30-24)12-11-23(13-20-5-3-2-4-6-20)22-8-10-25-27(15-22)33-18-31-25/h2-10,14-15,23H,11-13,16-18H2,1H3. The molecule has 6 heteroatoms. The van der Waals surface area contributed by atoms with E-state index in [9.17, 15) is 4.79 Å². The summed E-state index contributed by atoms with van der Waals surface area (Å²) in [5.74, 6) is 3.34. The minimum atomic E-state index is 0.0526. The summed E-state index contributed by atoms with van der Waals surface area (Å²) < 4.78 is 22.0. The molecule has 2 aliphatic rings. The molecule has 2 heterocycles. The maximum absolute atomic E-state index is 12.5. The fraction of sp³-hybridized carbons (Fsp3) is 0.296. The van der Waals surface area contributed by atoms with Gasteiger partial charge in [0.2, 0.25) is 19.5 Å². The van der Waals surface area contributed by atoms with Crippen molar-refractivity contribution in [2.24, 2.45) is 0 Å². The molecule has 0 aliphatic carbocycles. The lowest BCUT2D eigenvalue weighted by atomic mass is 9.88. The number of fused-ring (bicyclic) bond motifs is 2. The predicted molar refractivity (Wildman–Crippen MR) is 124 cm³/mol. The Morgan fingerprint density at radius 1 is 0.818 bits per heavy atom. The zero-order valence-electron chi connectivity index (χ0n) is 18.7. The van der Waals surface area contributed by atoms with E-state index in [1.165, 1.54) is 11.1 Å². The van der Waals surface area contributed by atoms with Crippen LogP contribution in [0.4, 0.5) is 0 Å². The maximum atomic E-state index is 12.5. The van der Waals surface area contributed by atoms with Crippen molar-refractivity contribution in [3.05, 3.63) is 83.4 Å². The Hall–Kier alpha value is -3.67. The molecule has 6 nitrogen and oxygen atoms in total. The van der Waals surface area contributed by atoms with Crippen LogP contribution in [-0.2, 0) is 17.8 Å². The second-order valence-corrected chi connectivity index (χ2v) is 8.42. The lowest BCUT2D eigenvalue weighted by Gasteiger charge is -2.25. The van der Waals surface area contributed by atoms with E-state index >= 15 is 0 Å². The summed E-state index contributed by atoms with van der Waals surface area (Å²) in [4.78, 5) is 14.4. The second kappa shape index (κ2) is 9.45. The summed E-state index contributed by atoms with van der Waals surface area (Å²) >= 11 is 0. The van der Waals surface area contributed by atoms with Crippen LogP contribution in [0.5, 0.6) is 23.0 Å². The number of hydrogen-bond donors (Lipinski definition) is 0. The number of benzene rings is 3. The number of hydrogen-bond acceptors (Lipinski definition) is 5. The molecule has 2 aliphatic heterocycles. The molecular weight excluding hydrogens is 418 g/mol. The Morgan fingerprint density at radius 2 is 1.48 bits per heavy atom. The van der Waals surface area contributed by atoms with Crippen molar-refractivity contribution in [2.45, 2.75) is 32.2 Å². The highest BCUT2D eigenvalue weighted by Crippen LogP contribution is 2.37. The van der Waals surface area contributed by atoms with Gasteiger partial charge in [-0.3, -0.25) is 4.79 Å². The quantitative estimate of drug-likeness (QED) is 0.493. The van der Waals surface area contributed by atoms with E-state index in [-0.39, 0.29) is 25.4 Å². The molecule has 0 saturated heterocycles. The van der Waals surface area contributed by atoms with Gasteiger partial charge in [-0.15, -0.1) is 0 Å². The zero-order valence-corrected chi connectivity index (χ0v) is 18.7. The topological polar surface area (TPSA) is 57.2 Å². The monoisotopic (exact) mass is 445 g/mol. The molecule has 0 radical (unpaired) electrons. The molecule has 3 aromatic rings. The maximum Gasteiger partial charge on any atom is 0.231 e. The number of rotatable bonds is 8. The summed E-state index contributed by atoms with van der Waals surface area (Å²) in [5.41, 5.74) is 3.48. The smallest absolute Gasteiger partial charge is 0.231 e. The van der Waals surface area contributed by atoms with Gasteiger partial charge in [0.05, 0.1) is 0 Å². The SMILES string of the molecule is CC(=O)N(CCC(Cc1ccccc1)c1ccc2c(c1)OCO2)Cc1ccc2c(c1)OCO2. The Balaban J connectivity index is 1.33. The van der Waals surface area contributed by atoms with Crippen molar-refractivity contribution in [3.8, 4) is 23.0 Å². The number of carbonyl (C=O) groups excluding carboxylic acids is 1. The highest BCUT2D eigenvalue weighted by molar-refractivity contribution is 5.73. The van der Waals surface area contributed by atoms with Crippen LogP contribution in [0.15, 0.2) is 66.7 Å². The summed E-state index contributed by atoms with van der Waals surface area (Å²) in [6.45, 7) is 3.31. The highest BCUT2D eigenvalue weighted by Gasteiger charge is 2.21. The summed E-state index contributed by atoms with van der Waals surface area (Å²) in [7, 11) is 0. The first-order valence-corrected chi connectivity index (χ1v) is 11.2. The fourth-order valence-electron chi connectivity index (χ4n) is 4.37. The van der Waals surface area contributed by atoms with Crippen LogP contribution in [0.1, 0.15) is 36.0 Å². The molecule has 33 heavy (non-hydrogen) atoms. The van der Waals surface area contributed by atoms with Crippen molar-refractivity contribution in [1.82, 2.24) is 4.90 Å². The van der Waals surface area contributed by atoms with Crippen LogP contribution in [-0.4, -0.2) is 30.9 Å². The van der Waals surface area contributed by atoms with Crippen molar-refractivity contribution >= 4 is 5.91 Å². The largest absolute Gasteiger partial charge is 0.454 e. The van der Waals surface area contributed by atoms with Gasteiger partial charge in [0.15, 0.2) is 23.0 Å². The van der Waals surface area contributed by atoms with Crippen molar-refractivity contribution in [1.29, 1.82) is 0 Å². The van der Waals surface area contributed by atoms with E-state index in [1.54, 1.807) is 6.92 Å². The van der Waals surface area contributed by atoms with Gasteiger partial charge in [-0.25, -0.2) is 0 Å². The van der Waals surface area contributed by atoms with Crippen LogP contribution in [0.3, 0.4) is 0 Å². The number of amides is 1. The molecule has 3 aromatic carbocycles. The third kappa shape index (κ3) is 4.90. The molecule has 0 fully saturated rings. The van der Waals surface area contributed by atoms with Crippen LogP contribution in [0.2, 0.25) is 0 Å². The molecule has 0 aromatic heterocycles. The minimum absolute atomic E-state index is 0.0526. The van der Waals surface area contributed by atoms with Gasteiger partial charge in [-0.05, 0) is 59.7 Å². The van der Waals surface area contributed by atoms with Crippen LogP contribution in [0.25, 0.3) is 0 Å². The first kappa shape index (κ1) is 21.2. The van der Waals surface area contributed by atoms with Gasteiger partial charge in [0.1, 0.15) is 0 Å². The predicted octanol–water partition coefficient (Wildman–Crippen LogP) is 4.91. The Bertz CT molecular complexity index is 1130. The van der Waals surface area contributed by atoms with Gasteiger partial charge in [0.25, 0.3) is 0 Å². The molecule has 0 bridgehead atoms. The summed E-state index contributed by atoms with van der Waals surface area (Å²) in [6, 6.07) is 22.5. The molecule has 5 rings (SSSR count). The number of carbonyl (C=O) groups is 1. The van der Waals surface area contributed by atoms with Crippen LogP contribution < -0.4 is 18.9 Å². The fourth-order valence-corrected chi connectivity index (χ4v) is 4.37. The molecule has 0 N–H and O–H groups in total. The minimum Gasteiger partial charge on any atom is -0.454 e. The average Bonchev–Trinajstić information content (AvgIpc) is 3.49. The average molecular weight is 446 g/mol. The van der Waals surface area contributed by atoms with E-state index < -0.39 is 0 Å². The molecule has 0 spiro atoms. The van der Waals surface area contributed by atoms with Crippen molar-refractivity contribution in [2.75, 3.05) is 20.1 Å². The van der Waals surface area contributed by atoms with Crippen LogP contribution >= 0.6 is 0 Å². The molecular formula is C27H27NO5. The summed E-state index contributed by atoms with van der Waals surface area (Å²) in [5, 5.41) is 0. The molecule has 1 amide bonds. The number of nitrogens with zero attached hydrogens (tertiary/aromatic N) is 1. The molecule has 1 unspecified atom stereocenters. The van der Waals surface area contributed by atoms with E-state index in [4.69, 9.17) is 18.9 Å². The van der Waals surface area contributed by atoms with Gasteiger partial charge in [-0.2, -0.15) is 0 Å².